The van der Waals surface area contributed by atoms with Gasteiger partial charge in [0.15, 0.2) is 11.6 Å². The van der Waals surface area contributed by atoms with Gasteiger partial charge in [0, 0.05) is 12.8 Å². The Morgan fingerprint density at radius 2 is 1.27 bits per heavy atom. The van der Waals surface area contributed by atoms with Crippen LogP contribution in [0.4, 0.5) is 0 Å². The zero-order chi connectivity index (χ0) is 11.1. The third-order valence-corrected chi connectivity index (χ3v) is 7.74. The molecule has 4 rings (SSSR count). The normalized spacial score (nSPS) is 67.4. The molecule has 86 valence electrons. The molecule has 4 heterocycles. The highest BCUT2D eigenvalue weighted by Gasteiger charge is 2.70. The molecule has 0 aromatic carbocycles. The van der Waals surface area contributed by atoms with Gasteiger partial charge in [0.05, 0.1) is 7.27 Å². The highest BCUT2D eigenvalue weighted by Crippen LogP contribution is 2.78. The molecule has 0 saturated carbocycles. The molecule has 4 bridgehead atoms. The van der Waals surface area contributed by atoms with E-state index in [0.29, 0.717) is 0 Å². The largest absolute Gasteiger partial charge is 0.338 e. The van der Waals surface area contributed by atoms with Crippen LogP contribution in [0.5, 0.6) is 0 Å². The molecule has 0 amide bonds. The number of rotatable bonds is 0. The van der Waals surface area contributed by atoms with Gasteiger partial charge in [0.2, 0.25) is 0 Å². The average Bonchev–Trinajstić information content (AvgIpc) is 1.93. The molecule has 4 fully saturated rings. The van der Waals surface area contributed by atoms with Crippen LogP contribution in [0.25, 0.3) is 0 Å². The van der Waals surface area contributed by atoms with E-state index < -0.39 is 18.8 Å². The highest BCUT2D eigenvalue weighted by atomic mass is 35.7. The second-order valence-corrected chi connectivity index (χ2v) is 9.03. The van der Waals surface area contributed by atoms with E-state index in [2.05, 4.69) is 13.8 Å². The van der Waals surface area contributed by atoms with E-state index in [1.54, 1.807) is 0 Å². The fraction of sp³-hybridized carbons (Fsp3) is 1.00. The Balaban J connectivity index is 2.12. The van der Waals surface area contributed by atoms with E-state index in [4.69, 9.17) is 25.5 Å². The van der Waals surface area contributed by atoms with Crippen LogP contribution in [-0.4, -0.2) is 22.3 Å². The minimum absolute atomic E-state index is 0.274. The molecule has 4 unspecified atom stereocenters. The van der Waals surface area contributed by atoms with Crippen LogP contribution in [0, 0.1) is 0 Å². The Hall–Kier alpha value is 0.600. The minimum atomic E-state index is -0.806. The monoisotopic (exact) mass is 250 g/mol. The standard InChI is InChI=1S/C10H16ClO3P/c1-7-5-9(3)14-8(2,12-7)6-10(4,13-7)15(9)11/h5-6H2,1-4H3. The Kier molecular flexibility index (Phi) is 1.82. The van der Waals surface area contributed by atoms with Crippen molar-refractivity contribution in [2.24, 2.45) is 0 Å². The van der Waals surface area contributed by atoms with Crippen molar-refractivity contribution >= 4 is 18.5 Å². The lowest BCUT2D eigenvalue weighted by atomic mass is 9.98. The van der Waals surface area contributed by atoms with Crippen LogP contribution in [0.15, 0.2) is 0 Å². The highest BCUT2D eigenvalue weighted by molar-refractivity contribution is 7.86. The zero-order valence-corrected chi connectivity index (χ0v) is 11.1. The first-order valence-corrected chi connectivity index (χ1v) is 7.50. The lowest BCUT2D eigenvalue weighted by Gasteiger charge is -2.68. The van der Waals surface area contributed by atoms with Gasteiger partial charge in [0.1, 0.15) is 10.7 Å². The summed E-state index contributed by atoms with van der Waals surface area (Å²) in [6.07, 6.45) is 1.45. The molecular formula is C10H16ClO3P. The van der Waals surface area contributed by atoms with Gasteiger partial charge >= 0.3 is 0 Å². The van der Waals surface area contributed by atoms with E-state index in [1.165, 1.54) is 0 Å². The Morgan fingerprint density at radius 3 is 1.67 bits per heavy atom. The number of halogens is 1. The number of ether oxygens (including phenoxy) is 3. The van der Waals surface area contributed by atoms with Gasteiger partial charge in [0.25, 0.3) is 0 Å². The third-order valence-electron chi connectivity index (χ3n) is 3.43. The topological polar surface area (TPSA) is 27.7 Å². The molecule has 0 spiro atoms. The molecule has 0 radical (unpaired) electrons. The summed E-state index contributed by atoms with van der Waals surface area (Å²) in [5.74, 6) is -1.05. The second-order valence-electron chi connectivity index (χ2n) is 5.56. The fourth-order valence-electron chi connectivity index (χ4n) is 3.56. The predicted molar refractivity (Wildman–Crippen MR) is 58.9 cm³/mol. The maximum Gasteiger partial charge on any atom is 0.173 e. The van der Waals surface area contributed by atoms with E-state index in [0.717, 1.165) is 12.8 Å². The first kappa shape index (κ1) is 10.7. The first-order valence-electron chi connectivity index (χ1n) is 5.26. The molecule has 15 heavy (non-hydrogen) atoms. The average molecular weight is 251 g/mol. The predicted octanol–water partition coefficient (Wildman–Crippen LogP) is 3.36. The smallest absolute Gasteiger partial charge is 0.173 e. The Labute approximate surface area is 95.9 Å². The maximum absolute atomic E-state index is 6.54. The summed E-state index contributed by atoms with van der Waals surface area (Å²) in [7, 11) is -0.806. The summed E-state index contributed by atoms with van der Waals surface area (Å²) in [6, 6.07) is 0. The molecule has 4 aliphatic rings. The van der Waals surface area contributed by atoms with Gasteiger partial charge in [-0.3, -0.25) is 0 Å². The lowest BCUT2D eigenvalue weighted by molar-refractivity contribution is -0.467. The van der Waals surface area contributed by atoms with Gasteiger partial charge < -0.3 is 14.2 Å². The lowest BCUT2D eigenvalue weighted by Crippen LogP contribution is -2.70. The summed E-state index contributed by atoms with van der Waals surface area (Å²) in [5.41, 5.74) is 0. The minimum Gasteiger partial charge on any atom is -0.338 e. The van der Waals surface area contributed by atoms with Gasteiger partial charge in [-0.05, 0) is 27.7 Å². The van der Waals surface area contributed by atoms with Crippen LogP contribution in [-0.2, 0) is 14.2 Å². The van der Waals surface area contributed by atoms with Crippen LogP contribution in [0.3, 0.4) is 0 Å². The molecule has 0 aromatic heterocycles. The SMILES string of the molecule is CC12CC3(C)OC(C)(CC(C)(O1)P3Cl)O2. The number of hydrogen-bond acceptors (Lipinski definition) is 3. The molecule has 4 aliphatic heterocycles. The Bertz CT molecular complexity index is 291. The van der Waals surface area contributed by atoms with Crippen molar-refractivity contribution in [1.82, 2.24) is 0 Å². The van der Waals surface area contributed by atoms with E-state index in [1.807, 2.05) is 13.8 Å². The molecule has 0 aliphatic carbocycles. The maximum atomic E-state index is 6.54. The molecule has 0 aromatic rings. The number of hydrogen-bond donors (Lipinski definition) is 0. The summed E-state index contributed by atoms with van der Waals surface area (Å²) in [4.78, 5) is 0. The van der Waals surface area contributed by atoms with Crippen LogP contribution in [0.2, 0.25) is 0 Å². The summed E-state index contributed by atoms with van der Waals surface area (Å²) < 4.78 is 18.0. The summed E-state index contributed by atoms with van der Waals surface area (Å²) >= 11 is 6.54. The van der Waals surface area contributed by atoms with Crippen LogP contribution in [0.1, 0.15) is 40.5 Å². The van der Waals surface area contributed by atoms with Gasteiger partial charge in [-0.15, -0.1) is 0 Å². The first-order chi connectivity index (χ1) is 6.69. The van der Waals surface area contributed by atoms with Crippen LogP contribution >= 0.6 is 18.5 Å². The molecule has 4 atom stereocenters. The van der Waals surface area contributed by atoms with Crippen molar-refractivity contribution in [3.05, 3.63) is 0 Å². The van der Waals surface area contributed by atoms with E-state index in [9.17, 15) is 0 Å². The summed E-state index contributed by atoms with van der Waals surface area (Å²) in [6.45, 7) is 8.15. The van der Waals surface area contributed by atoms with Crippen LogP contribution < -0.4 is 0 Å². The Morgan fingerprint density at radius 1 is 0.867 bits per heavy atom. The van der Waals surface area contributed by atoms with Gasteiger partial charge in [-0.1, -0.05) is 11.2 Å². The van der Waals surface area contributed by atoms with Crippen molar-refractivity contribution < 1.29 is 14.2 Å². The zero-order valence-electron chi connectivity index (χ0n) is 9.46. The van der Waals surface area contributed by atoms with Crippen molar-refractivity contribution in [2.75, 3.05) is 0 Å². The molecule has 4 saturated heterocycles. The van der Waals surface area contributed by atoms with Crippen molar-refractivity contribution in [3.8, 4) is 0 Å². The quantitative estimate of drug-likeness (QED) is 0.617. The van der Waals surface area contributed by atoms with Crippen molar-refractivity contribution in [1.29, 1.82) is 0 Å². The fourth-order valence-corrected chi connectivity index (χ4v) is 6.52. The van der Waals surface area contributed by atoms with Crippen molar-refractivity contribution in [3.63, 3.8) is 0 Å². The molecular weight excluding hydrogens is 235 g/mol. The molecule has 0 N–H and O–H groups in total. The van der Waals surface area contributed by atoms with Crippen molar-refractivity contribution in [2.45, 2.75) is 62.8 Å². The van der Waals surface area contributed by atoms with E-state index >= 15 is 0 Å². The second kappa shape index (κ2) is 2.54. The summed E-state index contributed by atoms with van der Waals surface area (Å²) in [5, 5.41) is -0.548. The van der Waals surface area contributed by atoms with E-state index in [-0.39, 0.29) is 10.7 Å². The van der Waals surface area contributed by atoms with Gasteiger partial charge in [-0.2, -0.15) is 0 Å². The third kappa shape index (κ3) is 1.28. The van der Waals surface area contributed by atoms with Gasteiger partial charge in [-0.25, -0.2) is 0 Å². The molecule has 5 heteroatoms. The molecule has 3 nitrogen and oxygen atoms in total.